The molecule has 0 fully saturated rings. The molecule has 9 heteroatoms. The van der Waals surface area contributed by atoms with Gasteiger partial charge in [-0.25, -0.2) is 4.68 Å². The molecule has 6 nitrogen and oxygen atoms in total. The summed E-state index contributed by atoms with van der Waals surface area (Å²) in [6.45, 7) is 2.58. The van der Waals surface area contributed by atoms with Crippen molar-refractivity contribution in [3.63, 3.8) is 0 Å². The fourth-order valence-corrected chi connectivity index (χ4v) is 3.16. The Balaban J connectivity index is 1.66. The van der Waals surface area contributed by atoms with Crippen LogP contribution in [0.5, 0.6) is 11.6 Å². The minimum atomic E-state index is -4.40. The molecule has 0 amide bonds. The number of aromatic nitrogens is 2. The SMILES string of the molecule is CCOc1nn(-c2ccc(C(F)(F)F)cc2)cc1CCCOc1ccccc1CC(=O)O. The highest BCUT2D eigenvalue weighted by atomic mass is 19.4. The van der Waals surface area contributed by atoms with Gasteiger partial charge in [0.2, 0.25) is 5.88 Å². The number of aliphatic carboxylic acids is 1. The lowest BCUT2D eigenvalue weighted by Crippen LogP contribution is -2.05. The van der Waals surface area contributed by atoms with Crippen molar-refractivity contribution in [2.45, 2.75) is 32.4 Å². The Kier molecular flexibility index (Phi) is 7.40. The van der Waals surface area contributed by atoms with Gasteiger partial charge in [-0.1, -0.05) is 18.2 Å². The molecule has 0 spiro atoms. The molecule has 0 aliphatic rings. The van der Waals surface area contributed by atoms with Gasteiger partial charge in [0.25, 0.3) is 0 Å². The van der Waals surface area contributed by atoms with Crippen molar-refractivity contribution in [2.24, 2.45) is 0 Å². The number of para-hydroxylation sites is 1. The van der Waals surface area contributed by atoms with Gasteiger partial charge in [-0.15, -0.1) is 5.10 Å². The van der Waals surface area contributed by atoms with E-state index < -0.39 is 17.7 Å². The molecule has 3 rings (SSSR count). The maximum absolute atomic E-state index is 12.8. The Labute approximate surface area is 183 Å². The van der Waals surface area contributed by atoms with E-state index in [1.54, 1.807) is 30.5 Å². The fraction of sp³-hybridized carbons (Fsp3) is 0.304. The van der Waals surface area contributed by atoms with Crippen LogP contribution < -0.4 is 9.47 Å². The molecule has 0 unspecified atom stereocenters. The molecule has 0 saturated carbocycles. The van der Waals surface area contributed by atoms with Crippen LogP contribution in [0, 0.1) is 0 Å². The summed E-state index contributed by atoms with van der Waals surface area (Å²) < 4.78 is 51.2. The number of hydrogen-bond donors (Lipinski definition) is 1. The zero-order valence-corrected chi connectivity index (χ0v) is 17.4. The first kappa shape index (κ1) is 23.2. The molecular weight excluding hydrogens is 425 g/mol. The third kappa shape index (κ3) is 6.03. The number of carbonyl (C=O) groups is 1. The van der Waals surface area contributed by atoms with Gasteiger partial charge in [-0.2, -0.15) is 13.2 Å². The number of carboxylic acids is 1. The van der Waals surface area contributed by atoms with Crippen LogP contribution in [-0.2, 0) is 23.8 Å². The third-order valence-electron chi connectivity index (χ3n) is 4.65. The summed E-state index contributed by atoms with van der Waals surface area (Å²) in [7, 11) is 0. The number of ether oxygens (including phenoxy) is 2. The van der Waals surface area contributed by atoms with Crippen molar-refractivity contribution < 1.29 is 32.5 Å². The minimum Gasteiger partial charge on any atom is -0.493 e. The molecule has 0 bridgehead atoms. The van der Waals surface area contributed by atoms with E-state index in [2.05, 4.69) is 5.10 Å². The predicted molar refractivity (Wildman–Crippen MR) is 111 cm³/mol. The lowest BCUT2D eigenvalue weighted by molar-refractivity contribution is -0.138. The molecule has 0 saturated heterocycles. The van der Waals surface area contributed by atoms with Crippen LogP contribution in [0.1, 0.15) is 30.0 Å². The van der Waals surface area contributed by atoms with Gasteiger partial charge in [0.1, 0.15) is 5.75 Å². The Morgan fingerprint density at radius 2 is 1.78 bits per heavy atom. The highest BCUT2D eigenvalue weighted by Gasteiger charge is 2.30. The fourth-order valence-electron chi connectivity index (χ4n) is 3.16. The number of carboxylic acid groups (broad SMARTS) is 1. The van der Waals surface area contributed by atoms with Crippen LogP contribution in [0.4, 0.5) is 13.2 Å². The quantitative estimate of drug-likeness (QED) is 0.446. The predicted octanol–water partition coefficient (Wildman–Crippen LogP) is 4.93. The van der Waals surface area contributed by atoms with Gasteiger partial charge in [-0.05, 0) is 50.1 Å². The van der Waals surface area contributed by atoms with Crippen LogP contribution in [0.2, 0.25) is 0 Å². The van der Waals surface area contributed by atoms with Crippen molar-refractivity contribution in [3.8, 4) is 17.3 Å². The molecule has 0 aliphatic carbocycles. The molecule has 1 heterocycles. The van der Waals surface area contributed by atoms with Crippen molar-refractivity contribution in [1.82, 2.24) is 9.78 Å². The van der Waals surface area contributed by atoms with Gasteiger partial charge in [0.05, 0.1) is 30.9 Å². The Morgan fingerprint density at radius 3 is 2.44 bits per heavy atom. The Hall–Kier alpha value is -3.49. The average molecular weight is 448 g/mol. The molecular formula is C23H23F3N2O4. The highest BCUT2D eigenvalue weighted by Crippen LogP contribution is 2.30. The van der Waals surface area contributed by atoms with E-state index in [0.717, 1.165) is 17.7 Å². The summed E-state index contributed by atoms with van der Waals surface area (Å²) >= 11 is 0. The van der Waals surface area contributed by atoms with Crippen molar-refractivity contribution in [1.29, 1.82) is 0 Å². The summed E-state index contributed by atoms with van der Waals surface area (Å²) in [5.74, 6) is 0.0112. The second-order valence-electron chi connectivity index (χ2n) is 7.01. The monoisotopic (exact) mass is 448 g/mol. The van der Waals surface area contributed by atoms with Gasteiger partial charge in [0.15, 0.2) is 0 Å². The Bertz CT molecular complexity index is 1050. The summed E-state index contributed by atoms with van der Waals surface area (Å²) in [6, 6.07) is 11.7. The molecule has 0 aliphatic heterocycles. The number of hydrogen-bond acceptors (Lipinski definition) is 4. The van der Waals surface area contributed by atoms with Crippen molar-refractivity contribution in [3.05, 3.63) is 71.4 Å². The zero-order chi connectivity index (χ0) is 23.1. The van der Waals surface area contributed by atoms with Gasteiger partial charge in [0, 0.05) is 17.3 Å². The largest absolute Gasteiger partial charge is 0.493 e. The van der Waals surface area contributed by atoms with Gasteiger partial charge < -0.3 is 14.6 Å². The first-order chi connectivity index (χ1) is 15.3. The van der Waals surface area contributed by atoms with Crippen molar-refractivity contribution in [2.75, 3.05) is 13.2 Å². The van der Waals surface area contributed by atoms with E-state index in [-0.39, 0.29) is 6.42 Å². The molecule has 1 N–H and O–H groups in total. The topological polar surface area (TPSA) is 73.6 Å². The molecule has 3 aromatic rings. The number of benzene rings is 2. The van der Waals surface area contributed by atoms with E-state index in [4.69, 9.17) is 14.6 Å². The van der Waals surface area contributed by atoms with E-state index in [9.17, 15) is 18.0 Å². The van der Waals surface area contributed by atoms with E-state index in [1.165, 1.54) is 16.8 Å². The van der Waals surface area contributed by atoms with Crippen LogP contribution >= 0.6 is 0 Å². The summed E-state index contributed by atoms with van der Waals surface area (Å²) in [4.78, 5) is 11.0. The number of nitrogens with zero attached hydrogens (tertiary/aromatic N) is 2. The van der Waals surface area contributed by atoms with E-state index in [1.807, 2.05) is 6.92 Å². The summed E-state index contributed by atoms with van der Waals surface area (Å²) in [5, 5.41) is 13.4. The van der Waals surface area contributed by atoms with Crippen molar-refractivity contribution >= 4 is 5.97 Å². The van der Waals surface area contributed by atoms with Crippen LogP contribution in [0.25, 0.3) is 5.69 Å². The summed E-state index contributed by atoms with van der Waals surface area (Å²) in [6.07, 6.45) is -1.61. The second kappa shape index (κ2) is 10.2. The first-order valence-electron chi connectivity index (χ1n) is 10.1. The molecule has 0 atom stereocenters. The maximum Gasteiger partial charge on any atom is 0.416 e. The average Bonchev–Trinajstić information content (AvgIpc) is 3.14. The molecule has 2 aromatic carbocycles. The molecule has 1 aromatic heterocycles. The van der Waals surface area contributed by atoms with Crippen LogP contribution in [0.3, 0.4) is 0 Å². The molecule has 170 valence electrons. The minimum absolute atomic E-state index is 0.120. The normalized spacial score (nSPS) is 11.4. The second-order valence-corrected chi connectivity index (χ2v) is 7.01. The van der Waals surface area contributed by atoms with Gasteiger partial charge >= 0.3 is 12.1 Å². The number of aryl methyl sites for hydroxylation is 1. The standard InChI is InChI=1S/C23H23F3N2O4/c1-2-31-22-17(7-5-13-32-20-8-4-3-6-16(20)14-21(29)30)15-28(27-22)19-11-9-18(10-12-19)23(24,25)26/h3-4,6,8-12,15H,2,5,7,13-14H2,1H3,(H,29,30). The first-order valence-corrected chi connectivity index (χ1v) is 10.1. The highest BCUT2D eigenvalue weighted by molar-refractivity contribution is 5.71. The molecule has 0 radical (unpaired) electrons. The zero-order valence-electron chi connectivity index (χ0n) is 17.4. The van der Waals surface area contributed by atoms with E-state index in [0.29, 0.717) is 48.9 Å². The lowest BCUT2D eigenvalue weighted by Gasteiger charge is -2.10. The van der Waals surface area contributed by atoms with E-state index >= 15 is 0 Å². The van der Waals surface area contributed by atoms with Crippen LogP contribution in [0.15, 0.2) is 54.7 Å². The smallest absolute Gasteiger partial charge is 0.416 e. The lowest BCUT2D eigenvalue weighted by atomic mass is 10.1. The number of halogens is 3. The summed E-state index contributed by atoms with van der Waals surface area (Å²) in [5.41, 5.74) is 1.17. The number of alkyl halides is 3. The third-order valence-corrected chi connectivity index (χ3v) is 4.65. The number of rotatable bonds is 10. The maximum atomic E-state index is 12.8. The molecule has 32 heavy (non-hydrogen) atoms. The van der Waals surface area contributed by atoms with Gasteiger partial charge in [-0.3, -0.25) is 4.79 Å². The van der Waals surface area contributed by atoms with Crippen LogP contribution in [-0.4, -0.2) is 34.1 Å². The Morgan fingerprint density at radius 1 is 1.06 bits per heavy atom.